The van der Waals surface area contributed by atoms with Crippen molar-refractivity contribution in [2.75, 3.05) is 20.3 Å². The van der Waals surface area contributed by atoms with Crippen molar-refractivity contribution in [2.24, 2.45) is 5.92 Å². The van der Waals surface area contributed by atoms with Crippen LogP contribution in [0.1, 0.15) is 55.7 Å². The van der Waals surface area contributed by atoms with Crippen molar-refractivity contribution in [3.8, 4) is 5.75 Å². The van der Waals surface area contributed by atoms with E-state index in [1.807, 2.05) is 62.4 Å². The fraction of sp³-hybridized carbons (Fsp3) is 0.367. The molecule has 0 aromatic heterocycles. The Morgan fingerprint density at radius 3 is 2.24 bits per heavy atom. The molecule has 2 aliphatic rings. The average Bonchev–Trinajstić information content (AvgIpc) is 2.88. The Morgan fingerprint density at radius 2 is 1.59 bits per heavy atom. The number of allylic oxidation sites excluding steroid dienone is 3. The number of hydrogen-bond acceptors (Lipinski definition) is 7. The Balaban J connectivity index is 1.94. The molecule has 7 heteroatoms. The number of esters is 2. The maximum atomic E-state index is 14.4. The minimum atomic E-state index is -1.08. The number of benzene rings is 2. The van der Waals surface area contributed by atoms with Crippen molar-refractivity contribution in [3.05, 3.63) is 87.8 Å². The number of ether oxygens (including phenoxy) is 3. The molecule has 2 aromatic rings. The van der Waals surface area contributed by atoms with Crippen LogP contribution in [0.15, 0.2) is 71.1 Å². The summed E-state index contributed by atoms with van der Waals surface area (Å²) in [4.78, 5) is 40.9. The lowest BCUT2D eigenvalue weighted by molar-refractivity contribution is -0.152. The zero-order chi connectivity index (χ0) is 26.7. The molecule has 0 amide bonds. The van der Waals surface area contributed by atoms with E-state index in [1.165, 1.54) is 0 Å². The van der Waals surface area contributed by atoms with E-state index in [1.54, 1.807) is 21.0 Å². The van der Waals surface area contributed by atoms with Crippen LogP contribution in [-0.4, -0.2) is 38.0 Å². The summed E-state index contributed by atoms with van der Waals surface area (Å²) in [6.45, 7) is 7.59. The van der Waals surface area contributed by atoms with Crippen LogP contribution in [0.2, 0.25) is 0 Å². The van der Waals surface area contributed by atoms with Crippen LogP contribution in [0.3, 0.4) is 0 Å². The van der Waals surface area contributed by atoms with E-state index in [9.17, 15) is 14.4 Å². The normalized spacial score (nSPS) is 21.2. The van der Waals surface area contributed by atoms with Gasteiger partial charge in [0.2, 0.25) is 0 Å². The molecular weight excluding hydrogens is 470 g/mol. The highest BCUT2D eigenvalue weighted by molar-refractivity contribution is 6.13. The molecule has 37 heavy (non-hydrogen) atoms. The maximum Gasteiger partial charge on any atom is 0.336 e. The van der Waals surface area contributed by atoms with Gasteiger partial charge >= 0.3 is 11.9 Å². The van der Waals surface area contributed by atoms with Crippen LogP contribution in [0, 0.1) is 12.8 Å². The highest BCUT2D eigenvalue weighted by Crippen LogP contribution is 2.49. The minimum Gasteiger partial charge on any atom is -0.496 e. The first-order valence-electron chi connectivity index (χ1n) is 12.6. The van der Waals surface area contributed by atoms with E-state index in [0.717, 1.165) is 16.7 Å². The largest absolute Gasteiger partial charge is 0.496 e. The van der Waals surface area contributed by atoms with Gasteiger partial charge in [-0.25, -0.2) is 4.79 Å². The molecule has 1 aliphatic carbocycles. The molecule has 0 fully saturated rings. The predicted molar refractivity (Wildman–Crippen MR) is 139 cm³/mol. The number of dihydropyridines is 1. The highest BCUT2D eigenvalue weighted by Gasteiger charge is 2.49. The van der Waals surface area contributed by atoms with Gasteiger partial charge in [-0.3, -0.25) is 9.59 Å². The van der Waals surface area contributed by atoms with Crippen molar-refractivity contribution in [1.29, 1.82) is 0 Å². The first-order valence-corrected chi connectivity index (χ1v) is 12.6. The second-order valence-corrected chi connectivity index (χ2v) is 9.21. The number of rotatable bonds is 7. The summed E-state index contributed by atoms with van der Waals surface area (Å²) in [5, 5.41) is 3.33. The van der Waals surface area contributed by atoms with Gasteiger partial charge in [0.15, 0.2) is 5.78 Å². The zero-order valence-corrected chi connectivity index (χ0v) is 21.9. The number of nitrogens with one attached hydrogen (secondary N) is 1. The van der Waals surface area contributed by atoms with Gasteiger partial charge in [-0.1, -0.05) is 42.5 Å². The van der Waals surface area contributed by atoms with Gasteiger partial charge in [0.1, 0.15) is 11.7 Å². The maximum absolute atomic E-state index is 14.4. The van der Waals surface area contributed by atoms with Gasteiger partial charge in [-0.15, -0.1) is 0 Å². The van der Waals surface area contributed by atoms with Crippen molar-refractivity contribution in [2.45, 2.75) is 46.0 Å². The van der Waals surface area contributed by atoms with E-state index in [4.69, 9.17) is 14.2 Å². The third-order valence-corrected chi connectivity index (χ3v) is 7.09. The molecule has 7 nitrogen and oxygen atoms in total. The number of Topliss-reactive ketones (excluding diaryl/α,β-unsaturated/α-hetero) is 1. The second-order valence-electron chi connectivity index (χ2n) is 9.21. The van der Waals surface area contributed by atoms with Gasteiger partial charge in [-0.05, 0) is 56.9 Å². The SMILES string of the molecule is CCOC(=O)C1=C(C)NC2=C(C(=O)[C@H](C(=O)OCC)[C@@H](c3ccccc3OC)C2)[C@@H]1c1ccccc1C. The summed E-state index contributed by atoms with van der Waals surface area (Å²) in [5.74, 6) is -3.06. The number of hydrogen-bond donors (Lipinski definition) is 1. The Bertz CT molecular complexity index is 1290. The van der Waals surface area contributed by atoms with Gasteiger partial charge in [-0.2, -0.15) is 0 Å². The summed E-state index contributed by atoms with van der Waals surface area (Å²) in [6.07, 6.45) is 0.376. The third-order valence-electron chi connectivity index (χ3n) is 7.09. The van der Waals surface area contributed by atoms with Gasteiger partial charge in [0.25, 0.3) is 0 Å². The van der Waals surface area contributed by atoms with E-state index >= 15 is 0 Å². The molecule has 0 radical (unpaired) electrons. The summed E-state index contributed by atoms with van der Waals surface area (Å²) in [5.41, 5.74) is 4.63. The lowest BCUT2D eigenvalue weighted by atomic mass is 9.66. The summed E-state index contributed by atoms with van der Waals surface area (Å²) >= 11 is 0. The lowest BCUT2D eigenvalue weighted by Crippen LogP contribution is -2.43. The highest BCUT2D eigenvalue weighted by atomic mass is 16.5. The van der Waals surface area contributed by atoms with Gasteiger partial charge < -0.3 is 19.5 Å². The first kappa shape index (κ1) is 26.2. The summed E-state index contributed by atoms with van der Waals surface area (Å²) < 4.78 is 16.4. The molecule has 2 aromatic carbocycles. The van der Waals surface area contributed by atoms with Crippen molar-refractivity contribution >= 4 is 17.7 Å². The monoisotopic (exact) mass is 503 g/mol. The minimum absolute atomic E-state index is 0.153. The number of carbonyl (C=O) groups excluding carboxylic acids is 3. The molecule has 1 aliphatic heterocycles. The molecule has 0 saturated heterocycles. The molecular formula is C30H33NO6. The van der Waals surface area contributed by atoms with Crippen molar-refractivity contribution in [3.63, 3.8) is 0 Å². The third kappa shape index (κ3) is 4.78. The van der Waals surface area contributed by atoms with Crippen LogP contribution >= 0.6 is 0 Å². The van der Waals surface area contributed by atoms with Crippen LogP contribution in [-0.2, 0) is 23.9 Å². The predicted octanol–water partition coefficient (Wildman–Crippen LogP) is 4.72. The molecule has 1 N–H and O–H groups in total. The van der Waals surface area contributed by atoms with Crippen LogP contribution in [0.4, 0.5) is 0 Å². The topological polar surface area (TPSA) is 90.9 Å². The molecule has 1 heterocycles. The molecule has 0 bridgehead atoms. The molecule has 0 saturated carbocycles. The number of methoxy groups -OCH3 is 1. The first-order chi connectivity index (χ1) is 17.8. The molecule has 3 atom stereocenters. The second kappa shape index (κ2) is 11.0. The lowest BCUT2D eigenvalue weighted by Gasteiger charge is -2.40. The number of aryl methyl sites for hydroxylation is 1. The van der Waals surface area contributed by atoms with E-state index in [2.05, 4.69) is 5.32 Å². The number of carbonyl (C=O) groups is 3. The van der Waals surface area contributed by atoms with Crippen molar-refractivity contribution in [1.82, 2.24) is 5.32 Å². The van der Waals surface area contributed by atoms with Crippen LogP contribution < -0.4 is 10.1 Å². The fourth-order valence-electron chi connectivity index (χ4n) is 5.50. The quantitative estimate of drug-likeness (QED) is 0.432. The molecule has 194 valence electrons. The number of para-hydroxylation sites is 1. The standard InChI is InChI=1S/C30H33NO6/c1-6-36-29(33)24-18(4)31-22-16-21(20-14-10-11-15-23(20)35-5)26(30(34)37-7-2)28(32)27(22)25(24)19-13-9-8-12-17(19)3/h8-15,21,25-26,31H,6-7,16H2,1-5H3/t21-,25-,26-/m1/s1. The average molecular weight is 504 g/mol. The Morgan fingerprint density at radius 1 is 0.946 bits per heavy atom. The Labute approximate surface area is 217 Å². The van der Waals surface area contributed by atoms with Crippen LogP contribution in [0.5, 0.6) is 5.75 Å². The molecule has 4 rings (SSSR count). The number of ketones is 1. The molecule has 0 unspecified atom stereocenters. The van der Waals surface area contributed by atoms with Gasteiger partial charge in [0.05, 0.1) is 25.9 Å². The molecule has 0 spiro atoms. The van der Waals surface area contributed by atoms with E-state index in [0.29, 0.717) is 34.7 Å². The van der Waals surface area contributed by atoms with Crippen molar-refractivity contribution < 1.29 is 28.6 Å². The summed E-state index contributed by atoms with van der Waals surface area (Å²) in [7, 11) is 1.57. The van der Waals surface area contributed by atoms with E-state index in [-0.39, 0.29) is 19.0 Å². The Kier molecular flexibility index (Phi) is 7.81. The zero-order valence-electron chi connectivity index (χ0n) is 21.9. The van der Waals surface area contributed by atoms with Crippen LogP contribution in [0.25, 0.3) is 0 Å². The van der Waals surface area contributed by atoms with Gasteiger partial charge in [0, 0.05) is 28.8 Å². The summed E-state index contributed by atoms with van der Waals surface area (Å²) in [6, 6.07) is 15.1. The Hall–Kier alpha value is -3.87. The smallest absolute Gasteiger partial charge is 0.336 e. The fourth-order valence-corrected chi connectivity index (χ4v) is 5.50. The van der Waals surface area contributed by atoms with E-state index < -0.39 is 29.7 Å².